The van der Waals surface area contributed by atoms with Crippen LogP contribution in [0.25, 0.3) is 0 Å². The molecule has 0 unspecified atom stereocenters. The zero-order valence-electron chi connectivity index (χ0n) is 5.14. The molecule has 0 aliphatic heterocycles. The summed E-state index contributed by atoms with van der Waals surface area (Å²) in [4.78, 5) is 0. The average Bonchev–Trinajstić information content (AvgIpc) is 1.83. The summed E-state index contributed by atoms with van der Waals surface area (Å²) in [6.07, 6.45) is 2.96. The van der Waals surface area contributed by atoms with Crippen molar-refractivity contribution >= 4 is 11.6 Å². The predicted octanol–water partition coefficient (Wildman–Crippen LogP) is 1.01. The van der Waals surface area contributed by atoms with E-state index in [2.05, 4.69) is 0 Å². The summed E-state index contributed by atoms with van der Waals surface area (Å²) in [5.74, 6) is -0.864. The maximum Gasteiger partial charge on any atom is 0.196 e. The second-order valence-electron chi connectivity index (χ2n) is 2.14. The van der Waals surface area contributed by atoms with Gasteiger partial charge in [0.15, 0.2) is 10.9 Å². The molecule has 0 saturated carbocycles. The standard InChI is InChI=1S/C6H7ClFNO/c7-6(10)3-1-2-4(9)5(6)8/h1-2,10H,3,9H2/t6-/m1/s1. The summed E-state index contributed by atoms with van der Waals surface area (Å²) in [5.41, 5.74) is 5.02. The third-order valence-corrected chi connectivity index (χ3v) is 1.60. The Hall–Kier alpha value is -0.540. The van der Waals surface area contributed by atoms with Crippen LogP contribution in [0.15, 0.2) is 23.7 Å². The third kappa shape index (κ3) is 1.15. The molecule has 0 heterocycles. The highest BCUT2D eigenvalue weighted by Crippen LogP contribution is 2.31. The number of nitrogens with two attached hydrogens (primary N) is 1. The first-order valence-corrected chi connectivity index (χ1v) is 3.15. The van der Waals surface area contributed by atoms with E-state index in [1.165, 1.54) is 12.2 Å². The fraction of sp³-hybridized carbons (Fsp3) is 0.333. The van der Waals surface area contributed by atoms with E-state index in [0.29, 0.717) is 0 Å². The number of rotatable bonds is 0. The molecular formula is C6H7ClFNO. The third-order valence-electron chi connectivity index (χ3n) is 1.28. The summed E-state index contributed by atoms with van der Waals surface area (Å²) < 4.78 is 12.7. The van der Waals surface area contributed by atoms with Crippen molar-refractivity contribution < 1.29 is 9.50 Å². The predicted molar refractivity (Wildman–Crippen MR) is 36.9 cm³/mol. The first-order valence-electron chi connectivity index (χ1n) is 2.77. The van der Waals surface area contributed by atoms with Gasteiger partial charge in [0, 0.05) is 6.42 Å². The molecule has 0 spiro atoms. The fourth-order valence-corrected chi connectivity index (χ4v) is 0.924. The van der Waals surface area contributed by atoms with Gasteiger partial charge in [-0.05, 0) is 6.08 Å². The van der Waals surface area contributed by atoms with Crippen LogP contribution in [0.5, 0.6) is 0 Å². The van der Waals surface area contributed by atoms with Crippen LogP contribution >= 0.6 is 11.6 Å². The van der Waals surface area contributed by atoms with Crippen LogP contribution in [-0.4, -0.2) is 10.2 Å². The van der Waals surface area contributed by atoms with Crippen molar-refractivity contribution in [1.82, 2.24) is 0 Å². The van der Waals surface area contributed by atoms with Crippen molar-refractivity contribution in [3.05, 3.63) is 23.7 Å². The Morgan fingerprint density at radius 2 is 2.40 bits per heavy atom. The van der Waals surface area contributed by atoms with E-state index in [1.54, 1.807) is 0 Å². The summed E-state index contributed by atoms with van der Waals surface area (Å²) in [6, 6.07) is 0. The Morgan fingerprint density at radius 3 is 2.80 bits per heavy atom. The molecular weight excluding hydrogens is 157 g/mol. The molecule has 0 aromatic heterocycles. The zero-order valence-corrected chi connectivity index (χ0v) is 5.90. The Morgan fingerprint density at radius 1 is 1.80 bits per heavy atom. The first-order chi connectivity index (χ1) is 4.54. The lowest BCUT2D eigenvalue weighted by Crippen LogP contribution is -2.25. The van der Waals surface area contributed by atoms with Crippen LogP contribution < -0.4 is 5.73 Å². The monoisotopic (exact) mass is 163 g/mol. The van der Waals surface area contributed by atoms with Crippen molar-refractivity contribution in [3.8, 4) is 0 Å². The molecule has 0 aromatic rings. The van der Waals surface area contributed by atoms with Gasteiger partial charge in [0.25, 0.3) is 0 Å². The van der Waals surface area contributed by atoms with Gasteiger partial charge < -0.3 is 10.8 Å². The Bertz CT molecular complexity index is 210. The summed E-state index contributed by atoms with van der Waals surface area (Å²) in [6.45, 7) is 0. The van der Waals surface area contributed by atoms with Gasteiger partial charge in [0.05, 0.1) is 5.70 Å². The fourth-order valence-electron chi connectivity index (χ4n) is 0.726. The molecule has 1 aliphatic carbocycles. The minimum absolute atomic E-state index is 0.0566. The lowest BCUT2D eigenvalue weighted by Gasteiger charge is -2.20. The molecule has 56 valence electrons. The molecule has 0 amide bonds. The van der Waals surface area contributed by atoms with Gasteiger partial charge in [-0.2, -0.15) is 0 Å². The van der Waals surface area contributed by atoms with Gasteiger partial charge in [-0.25, -0.2) is 4.39 Å². The second-order valence-corrected chi connectivity index (χ2v) is 2.76. The Labute approximate surface area is 62.8 Å². The van der Waals surface area contributed by atoms with Gasteiger partial charge in [0.1, 0.15) is 0 Å². The van der Waals surface area contributed by atoms with Gasteiger partial charge in [0.2, 0.25) is 0 Å². The van der Waals surface area contributed by atoms with Crippen molar-refractivity contribution in [2.75, 3.05) is 0 Å². The minimum atomic E-state index is -1.92. The molecule has 10 heavy (non-hydrogen) atoms. The molecule has 0 radical (unpaired) electrons. The zero-order chi connectivity index (χ0) is 7.78. The van der Waals surface area contributed by atoms with Crippen molar-refractivity contribution in [2.45, 2.75) is 11.5 Å². The quantitative estimate of drug-likeness (QED) is 0.524. The van der Waals surface area contributed by atoms with Crippen LogP contribution in [0.2, 0.25) is 0 Å². The van der Waals surface area contributed by atoms with Gasteiger partial charge in [-0.3, -0.25) is 0 Å². The van der Waals surface area contributed by atoms with Crippen LogP contribution in [0.1, 0.15) is 6.42 Å². The molecule has 3 N–H and O–H groups in total. The smallest absolute Gasteiger partial charge is 0.196 e. The topological polar surface area (TPSA) is 46.2 Å². The lowest BCUT2D eigenvalue weighted by atomic mass is 10.1. The maximum absolute atomic E-state index is 12.7. The van der Waals surface area contributed by atoms with Crippen LogP contribution in [-0.2, 0) is 0 Å². The van der Waals surface area contributed by atoms with E-state index in [9.17, 15) is 4.39 Å². The van der Waals surface area contributed by atoms with Crippen molar-refractivity contribution in [3.63, 3.8) is 0 Å². The number of hydrogen-bond acceptors (Lipinski definition) is 2. The SMILES string of the molecule is NC1=C(F)[C@@](O)(Cl)CC=C1. The average molecular weight is 164 g/mol. The molecule has 2 nitrogen and oxygen atoms in total. The highest BCUT2D eigenvalue weighted by atomic mass is 35.5. The highest BCUT2D eigenvalue weighted by Gasteiger charge is 2.32. The van der Waals surface area contributed by atoms with E-state index in [-0.39, 0.29) is 12.1 Å². The molecule has 0 saturated heterocycles. The Balaban J connectivity index is 2.99. The number of hydrogen-bond donors (Lipinski definition) is 2. The second kappa shape index (κ2) is 2.25. The molecule has 1 rings (SSSR count). The normalized spacial score (nSPS) is 33.1. The molecule has 1 aliphatic rings. The van der Waals surface area contributed by atoms with Gasteiger partial charge in [-0.1, -0.05) is 17.7 Å². The van der Waals surface area contributed by atoms with E-state index < -0.39 is 10.9 Å². The highest BCUT2D eigenvalue weighted by molar-refractivity contribution is 6.24. The lowest BCUT2D eigenvalue weighted by molar-refractivity contribution is 0.139. The molecule has 0 bridgehead atoms. The first kappa shape index (κ1) is 7.57. The molecule has 4 heteroatoms. The van der Waals surface area contributed by atoms with Crippen LogP contribution in [0, 0.1) is 0 Å². The number of allylic oxidation sites excluding steroid dienone is 1. The van der Waals surface area contributed by atoms with Crippen molar-refractivity contribution in [2.24, 2.45) is 5.73 Å². The van der Waals surface area contributed by atoms with Crippen LogP contribution in [0.3, 0.4) is 0 Å². The van der Waals surface area contributed by atoms with E-state index in [0.717, 1.165) is 0 Å². The van der Waals surface area contributed by atoms with Crippen LogP contribution in [0.4, 0.5) is 4.39 Å². The summed E-state index contributed by atoms with van der Waals surface area (Å²) in [7, 11) is 0. The minimum Gasteiger partial charge on any atom is -0.397 e. The maximum atomic E-state index is 12.7. The van der Waals surface area contributed by atoms with E-state index >= 15 is 0 Å². The van der Waals surface area contributed by atoms with Gasteiger partial charge >= 0.3 is 0 Å². The molecule has 0 aromatic carbocycles. The largest absolute Gasteiger partial charge is 0.397 e. The Kier molecular flexibility index (Phi) is 1.70. The molecule has 1 atom stereocenters. The number of alkyl halides is 1. The van der Waals surface area contributed by atoms with Crippen molar-refractivity contribution in [1.29, 1.82) is 0 Å². The number of aliphatic hydroxyl groups is 1. The summed E-state index contributed by atoms with van der Waals surface area (Å²) >= 11 is 5.31. The number of halogens is 2. The van der Waals surface area contributed by atoms with E-state index in [4.69, 9.17) is 22.4 Å². The summed E-state index contributed by atoms with van der Waals surface area (Å²) in [5, 5.41) is 7.10. The van der Waals surface area contributed by atoms with E-state index in [1.807, 2.05) is 0 Å². The molecule has 0 fully saturated rings. The van der Waals surface area contributed by atoms with Gasteiger partial charge in [-0.15, -0.1) is 0 Å².